The number of aliphatic hydroxyl groups excluding tert-OH is 1. The van der Waals surface area contributed by atoms with Crippen molar-refractivity contribution in [3.63, 3.8) is 0 Å². The fourth-order valence-electron chi connectivity index (χ4n) is 2.81. The van der Waals surface area contributed by atoms with Crippen LogP contribution in [0, 0.1) is 17.0 Å². The summed E-state index contributed by atoms with van der Waals surface area (Å²) in [5.41, 5.74) is 6.31. The molecule has 34 heavy (non-hydrogen) atoms. The summed E-state index contributed by atoms with van der Waals surface area (Å²) in [4.78, 5) is 50.2. The minimum absolute atomic E-state index is 0.0218. The number of hydrogen-bond donors (Lipinski definition) is 5. The predicted molar refractivity (Wildman–Crippen MR) is 127 cm³/mol. The molecule has 1 aromatic carbocycles. The SMILES string of the molecule is C/C(=C(CCOP(=O)(O)O)/[SH]=C(\O)c1ccccc1[N+](=O)[O-])N(C=O)Cc1cnc(C)nc1N. The Labute approximate surface area is 198 Å². The lowest BCUT2D eigenvalue weighted by atomic mass is 10.2. The summed E-state index contributed by atoms with van der Waals surface area (Å²) < 4.78 is 15.6. The highest BCUT2D eigenvalue weighted by atomic mass is 32.1. The molecule has 13 nitrogen and oxygen atoms in total. The summed E-state index contributed by atoms with van der Waals surface area (Å²) in [5, 5.41) is 21.6. The summed E-state index contributed by atoms with van der Waals surface area (Å²) in [6.45, 7) is 2.75. The number of anilines is 1. The molecule has 0 bridgehead atoms. The van der Waals surface area contributed by atoms with E-state index in [4.69, 9.17) is 15.5 Å². The first-order chi connectivity index (χ1) is 15.9. The molecule has 1 amide bonds. The number of carbonyl (C=O) groups is 1. The van der Waals surface area contributed by atoms with E-state index < -0.39 is 19.4 Å². The average Bonchev–Trinajstić information content (AvgIpc) is 2.76. The maximum atomic E-state index is 11.9. The van der Waals surface area contributed by atoms with Crippen LogP contribution in [-0.2, 0) is 20.4 Å². The second-order valence-electron chi connectivity index (χ2n) is 6.88. The standard InChI is InChI=1S/C19H24N5O8PS/c1-12(23(11-25)10-14-9-21-13(2)22-18(14)20)17(7-8-32-33(29,30)31)34-19(26)15-5-3-4-6-16(15)24(27)28/h3-6,9,11,26,34H,7-8,10H2,1-2H3,(H2,20,21,22)(H2,29,30,31)/b17-12-. The second kappa shape index (κ2) is 11.9. The van der Waals surface area contributed by atoms with Crippen molar-refractivity contribution in [3.8, 4) is 0 Å². The molecule has 0 aliphatic rings. The Morgan fingerprint density at radius 3 is 2.65 bits per heavy atom. The first-order valence-corrected chi connectivity index (χ1v) is 12.1. The van der Waals surface area contributed by atoms with Gasteiger partial charge < -0.3 is 25.5 Å². The molecule has 0 spiro atoms. The number of rotatable bonds is 11. The van der Waals surface area contributed by atoms with Gasteiger partial charge in [0.25, 0.3) is 5.69 Å². The maximum Gasteiger partial charge on any atom is 0.469 e. The second-order valence-corrected chi connectivity index (χ2v) is 9.30. The number of amides is 1. The van der Waals surface area contributed by atoms with E-state index in [9.17, 15) is 24.6 Å². The van der Waals surface area contributed by atoms with Crippen molar-refractivity contribution in [2.45, 2.75) is 26.8 Å². The maximum absolute atomic E-state index is 11.9. The van der Waals surface area contributed by atoms with Crippen LogP contribution < -0.4 is 5.73 Å². The third-order valence-corrected chi connectivity index (χ3v) is 6.30. The summed E-state index contributed by atoms with van der Waals surface area (Å²) in [6.07, 6.45) is 1.87. The molecule has 184 valence electrons. The van der Waals surface area contributed by atoms with Crippen LogP contribution in [0.4, 0.5) is 11.5 Å². The van der Waals surface area contributed by atoms with Gasteiger partial charge in [0, 0.05) is 34.8 Å². The van der Waals surface area contributed by atoms with E-state index in [1.165, 1.54) is 35.4 Å². The van der Waals surface area contributed by atoms with Crippen molar-refractivity contribution in [2.75, 3.05) is 12.3 Å². The number of aromatic nitrogens is 2. The molecule has 0 unspecified atom stereocenters. The number of benzene rings is 1. The van der Waals surface area contributed by atoms with Gasteiger partial charge in [-0.3, -0.25) is 19.4 Å². The lowest BCUT2D eigenvalue weighted by molar-refractivity contribution is -0.385. The van der Waals surface area contributed by atoms with E-state index in [0.29, 0.717) is 28.4 Å². The molecule has 5 N–H and O–H groups in total. The van der Waals surface area contributed by atoms with Crippen LogP contribution >= 0.6 is 19.2 Å². The van der Waals surface area contributed by atoms with Crippen LogP contribution in [0.5, 0.6) is 0 Å². The molecule has 0 radical (unpaired) electrons. The fourth-order valence-corrected chi connectivity index (χ4v) is 4.20. The van der Waals surface area contributed by atoms with Crippen LogP contribution in [0.15, 0.2) is 41.1 Å². The highest BCUT2D eigenvalue weighted by molar-refractivity contribution is 8.02. The fraction of sp³-hybridized carbons (Fsp3) is 0.263. The van der Waals surface area contributed by atoms with Crippen LogP contribution in [0.2, 0.25) is 0 Å². The largest absolute Gasteiger partial charge is 0.469 e. The number of nitrogen functional groups attached to an aromatic ring is 1. The van der Waals surface area contributed by atoms with Gasteiger partial charge in [-0.05, 0) is 19.9 Å². The topological polar surface area (TPSA) is 202 Å². The third kappa shape index (κ3) is 7.80. The number of phosphoric acid groups is 1. The number of aliphatic hydroxyl groups is 1. The van der Waals surface area contributed by atoms with Crippen LogP contribution in [0.25, 0.3) is 0 Å². The lowest BCUT2D eigenvalue weighted by Crippen LogP contribution is -2.22. The van der Waals surface area contributed by atoms with E-state index in [2.05, 4.69) is 14.5 Å². The molecule has 0 aliphatic heterocycles. The van der Waals surface area contributed by atoms with E-state index in [1.807, 2.05) is 0 Å². The zero-order valence-corrected chi connectivity index (χ0v) is 20.0. The minimum Gasteiger partial charge on any atom is -0.383 e. The van der Waals surface area contributed by atoms with Crippen LogP contribution in [0.1, 0.15) is 30.3 Å². The zero-order chi connectivity index (χ0) is 25.5. The molecular formula is C19H24N5O8PS. The highest BCUT2D eigenvalue weighted by Crippen LogP contribution is 2.37. The van der Waals surface area contributed by atoms with Crippen LogP contribution in [-0.4, -0.2) is 52.8 Å². The number of phosphoric ester groups is 1. The average molecular weight is 513 g/mol. The third-order valence-electron chi connectivity index (χ3n) is 4.52. The van der Waals surface area contributed by atoms with E-state index >= 15 is 0 Å². The molecule has 0 saturated heterocycles. The molecule has 2 rings (SSSR count). The van der Waals surface area contributed by atoms with E-state index in [0.717, 1.165) is 0 Å². The van der Waals surface area contributed by atoms with Crippen molar-refractivity contribution in [2.24, 2.45) is 0 Å². The molecule has 0 saturated carbocycles. The lowest BCUT2D eigenvalue weighted by Gasteiger charge is -2.22. The zero-order valence-electron chi connectivity index (χ0n) is 18.2. The number of nitro groups is 1. The molecule has 1 aromatic heterocycles. The Morgan fingerprint density at radius 1 is 1.38 bits per heavy atom. The van der Waals surface area contributed by atoms with Gasteiger partial charge in [-0.1, -0.05) is 12.1 Å². The Bertz CT molecular complexity index is 1180. The van der Waals surface area contributed by atoms with E-state index in [1.54, 1.807) is 13.8 Å². The van der Waals surface area contributed by atoms with Gasteiger partial charge in [-0.2, -0.15) is 0 Å². The van der Waals surface area contributed by atoms with Crippen molar-refractivity contribution in [1.82, 2.24) is 14.9 Å². The normalized spacial score (nSPS) is 13.0. The van der Waals surface area contributed by atoms with Crippen molar-refractivity contribution in [3.05, 3.63) is 68.1 Å². The van der Waals surface area contributed by atoms with Gasteiger partial charge >= 0.3 is 7.82 Å². The number of nitrogens with zero attached hydrogens (tertiary/aromatic N) is 4. The first-order valence-electron chi connectivity index (χ1n) is 9.64. The van der Waals surface area contributed by atoms with Crippen molar-refractivity contribution >= 4 is 42.1 Å². The van der Waals surface area contributed by atoms with Crippen molar-refractivity contribution in [1.29, 1.82) is 0 Å². The first kappa shape index (κ1) is 27.2. The molecule has 0 atom stereocenters. The number of nitro benzene ring substituents is 1. The summed E-state index contributed by atoms with van der Waals surface area (Å²) in [6, 6.07) is 5.55. The van der Waals surface area contributed by atoms with Gasteiger partial charge in [0.15, 0.2) is 0 Å². The Kier molecular flexibility index (Phi) is 9.55. The molecule has 2 aromatic rings. The van der Waals surface area contributed by atoms with Gasteiger partial charge in [-0.25, -0.2) is 14.5 Å². The predicted octanol–water partition coefficient (Wildman–Crippen LogP) is 2.17. The van der Waals surface area contributed by atoms with E-state index in [-0.39, 0.29) is 46.4 Å². The molecule has 1 heterocycles. The van der Waals surface area contributed by atoms with Crippen molar-refractivity contribution < 1.29 is 33.7 Å². The minimum atomic E-state index is -4.76. The molecule has 0 aliphatic carbocycles. The number of hydrogen-bond acceptors (Lipinski definition) is 8. The monoisotopic (exact) mass is 513 g/mol. The van der Waals surface area contributed by atoms with Gasteiger partial charge in [0.05, 0.1) is 23.6 Å². The highest BCUT2D eigenvalue weighted by Gasteiger charge is 2.19. The Balaban J connectivity index is 2.50. The van der Waals surface area contributed by atoms with Gasteiger partial charge in [-0.15, -0.1) is 11.4 Å². The van der Waals surface area contributed by atoms with Crippen LogP contribution in [0.3, 0.4) is 0 Å². The summed E-state index contributed by atoms with van der Waals surface area (Å²) in [5.74, 6) is 0.620. The molecule has 15 heteroatoms. The Morgan fingerprint density at radius 2 is 2.06 bits per heavy atom. The quantitative estimate of drug-likeness (QED) is 0.0735. The number of para-hydroxylation sites is 1. The number of aryl methyl sites for hydroxylation is 1. The number of allylic oxidation sites excluding steroid dienone is 1. The molecular weight excluding hydrogens is 489 g/mol. The summed E-state index contributed by atoms with van der Waals surface area (Å²) >= 11 is 0.0704. The summed E-state index contributed by atoms with van der Waals surface area (Å²) in [7, 11) is -4.76. The number of carbonyl (C=O) groups excluding carboxylic acids is 1. The van der Waals surface area contributed by atoms with Gasteiger partial charge in [0.2, 0.25) is 6.41 Å². The Hall–Kier alpha value is -3.00. The smallest absolute Gasteiger partial charge is 0.383 e. The number of nitrogens with two attached hydrogens (primary N) is 1. The number of thiol groups is 1. The molecule has 0 fully saturated rings. The van der Waals surface area contributed by atoms with Gasteiger partial charge in [0.1, 0.15) is 16.7 Å².